The zero-order chi connectivity index (χ0) is 13.1. The molecule has 0 unspecified atom stereocenters. The fourth-order valence-corrected chi connectivity index (χ4v) is 2.21. The van der Waals surface area contributed by atoms with Crippen LogP contribution in [-0.4, -0.2) is 52.0 Å². The summed E-state index contributed by atoms with van der Waals surface area (Å²) >= 11 is 0.942. The van der Waals surface area contributed by atoms with Gasteiger partial charge in [-0.15, -0.1) is 10.2 Å². The molecule has 1 rings (SSSR count). The fraction of sp³-hybridized carbons (Fsp3) is 0.571. The molecule has 0 amide bonds. The van der Waals surface area contributed by atoms with E-state index >= 15 is 0 Å². The third kappa shape index (κ3) is 4.61. The van der Waals surface area contributed by atoms with Gasteiger partial charge in [0.25, 0.3) is 0 Å². The first kappa shape index (κ1) is 13.8. The molecule has 0 spiro atoms. The molecule has 1 aromatic rings. The number of aliphatic carboxylic acids is 1. The Kier molecular flexibility index (Phi) is 4.34. The van der Waals surface area contributed by atoms with Crippen molar-refractivity contribution in [2.24, 2.45) is 0 Å². The van der Waals surface area contributed by atoms with Crippen LogP contribution in [0.3, 0.4) is 0 Å². The number of rotatable bonds is 6. The summed E-state index contributed by atoms with van der Waals surface area (Å²) in [4.78, 5) is 10.4. The number of hydrogen-bond donors (Lipinski definition) is 2. The second-order valence-corrected chi connectivity index (χ2v) is 6.51. The Morgan fingerprint density at radius 2 is 2.18 bits per heavy atom. The third-order valence-electron chi connectivity index (χ3n) is 1.76. The van der Waals surface area contributed by atoms with Crippen LogP contribution in [0.2, 0.25) is 0 Å². The van der Waals surface area contributed by atoms with Crippen LogP contribution in [0.4, 0.5) is 5.95 Å². The number of aromatic nitrogens is 3. The van der Waals surface area contributed by atoms with Crippen LogP contribution in [-0.2, 0) is 21.2 Å². The first-order valence-electron chi connectivity index (χ1n) is 4.50. The summed E-state index contributed by atoms with van der Waals surface area (Å²) in [6.07, 6.45) is 1.11. The average molecular weight is 280 g/mol. The highest BCUT2D eigenvalue weighted by atomic mass is 32.2. The quantitative estimate of drug-likeness (QED) is 0.640. The third-order valence-corrected chi connectivity index (χ3v) is 3.63. The molecule has 0 aliphatic rings. The Balaban J connectivity index is 2.76. The van der Waals surface area contributed by atoms with E-state index in [-0.39, 0.29) is 24.0 Å². The largest absolute Gasteiger partial charge is 0.481 e. The Morgan fingerprint density at radius 1 is 1.53 bits per heavy atom. The van der Waals surface area contributed by atoms with Gasteiger partial charge in [-0.25, -0.2) is 8.42 Å². The number of anilines is 1. The Bertz CT molecular complexity index is 510. The van der Waals surface area contributed by atoms with Crippen molar-refractivity contribution in [1.29, 1.82) is 0 Å². The number of nitrogens with two attached hydrogens (primary N) is 1. The molecule has 0 atom stereocenters. The second-order valence-electron chi connectivity index (χ2n) is 3.30. The van der Waals surface area contributed by atoms with Gasteiger partial charge in [0, 0.05) is 12.8 Å². The van der Waals surface area contributed by atoms with Crippen molar-refractivity contribution in [3.05, 3.63) is 0 Å². The number of hydrogen-bond acceptors (Lipinski definition) is 7. The molecule has 0 aliphatic carbocycles. The van der Waals surface area contributed by atoms with E-state index in [1.54, 1.807) is 0 Å². The van der Waals surface area contributed by atoms with Crippen molar-refractivity contribution in [1.82, 2.24) is 14.8 Å². The van der Waals surface area contributed by atoms with Gasteiger partial charge < -0.3 is 10.8 Å². The monoisotopic (exact) mass is 280 g/mol. The molecule has 10 heteroatoms. The van der Waals surface area contributed by atoms with Crippen LogP contribution in [0.25, 0.3) is 0 Å². The van der Waals surface area contributed by atoms with E-state index in [2.05, 4.69) is 10.2 Å². The Morgan fingerprint density at radius 3 is 2.71 bits per heavy atom. The van der Waals surface area contributed by atoms with Crippen molar-refractivity contribution in [3.8, 4) is 0 Å². The molecule has 0 bridgehead atoms. The van der Waals surface area contributed by atoms with Gasteiger partial charge in [-0.2, -0.15) is 0 Å². The van der Waals surface area contributed by atoms with Crippen molar-refractivity contribution in [2.75, 3.05) is 23.5 Å². The summed E-state index contributed by atoms with van der Waals surface area (Å²) < 4.78 is 23.4. The molecule has 0 fully saturated rings. The van der Waals surface area contributed by atoms with Crippen LogP contribution in [0, 0.1) is 0 Å². The van der Waals surface area contributed by atoms with Gasteiger partial charge in [0.15, 0.2) is 5.16 Å². The Labute approximate surface area is 102 Å². The summed E-state index contributed by atoms with van der Waals surface area (Å²) in [5.74, 6) is -1.21. The minimum absolute atomic E-state index is 0.0709. The van der Waals surface area contributed by atoms with Gasteiger partial charge in [0.05, 0.1) is 11.5 Å². The summed E-state index contributed by atoms with van der Waals surface area (Å²) in [6, 6.07) is 0. The molecule has 1 heterocycles. The number of carboxylic acids is 1. The molecule has 1 aromatic heterocycles. The van der Waals surface area contributed by atoms with E-state index in [9.17, 15) is 13.2 Å². The van der Waals surface area contributed by atoms with Crippen molar-refractivity contribution < 1.29 is 18.3 Å². The van der Waals surface area contributed by atoms with Crippen molar-refractivity contribution in [2.45, 2.75) is 11.7 Å². The second kappa shape index (κ2) is 5.36. The van der Waals surface area contributed by atoms with Crippen LogP contribution < -0.4 is 5.73 Å². The number of nitrogens with zero attached hydrogens (tertiary/aromatic N) is 3. The van der Waals surface area contributed by atoms with Gasteiger partial charge in [-0.1, -0.05) is 11.8 Å². The summed E-state index contributed by atoms with van der Waals surface area (Å²) in [6.45, 7) is 0.111. The predicted octanol–water partition coefficient (Wildman–Crippen LogP) is -0.918. The molecule has 3 N–H and O–H groups in total. The van der Waals surface area contributed by atoms with Crippen LogP contribution in [0.5, 0.6) is 0 Å². The lowest BCUT2D eigenvalue weighted by Gasteiger charge is -2.05. The maximum absolute atomic E-state index is 11.0. The Hall–Kier alpha value is -1.29. The van der Waals surface area contributed by atoms with Gasteiger partial charge in [-0.3, -0.25) is 9.36 Å². The molecule has 8 nitrogen and oxygen atoms in total. The van der Waals surface area contributed by atoms with E-state index in [0.29, 0.717) is 5.16 Å². The molecular weight excluding hydrogens is 268 g/mol. The summed E-state index contributed by atoms with van der Waals surface area (Å²) in [7, 11) is -3.12. The molecule has 0 aliphatic heterocycles. The van der Waals surface area contributed by atoms with Crippen LogP contribution >= 0.6 is 11.8 Å². The highest BCUT2D eigenvalue weighted by Gasteiger charge is 2.13. The maximum Gasteiger partial charge on any atom is 0.313 e. The standard InChI is InChI=1S/C7H12N4O4S2/c1-17(14,15)3-2-11-6(8)9-10-7(11)16-4-5(12)13/h2-4H2,1H3,(H2,8,9)(H,12,13). The number of carboxylic acid groups (broad SMARTS) is 1. The number of sulfone groups is 1. The van der Waals surface area contributed by atoms with Crippen molar-refractivity contribution in [3.63, 3.8) is 0 Å². The normalized spacial score (nSPS) is 11.6. The number of nitrogen functional groups attached to an aromatic ring is 1. The zero-order valence-electron chi connectivity index (χ0n) is 9.03. The number of thioether (sulfide) groups is 1. The van der Waals surface area contributed by atoms with Crippen LogP contribution in [0.1, 0.15) is 0 Å². The van der Waals surface area contributed by atoms with Gasteiger partial charge in [0.2, 0.25) is 5.95 Å². The fourth-order valence-electron chi connectivity index (χ4n) is 1.00. The van der Waals surface area contributed by atoms with Gasteiger partial charge in [-0.05, 0) is 0 Å². The zero-order valence-corrected chi connectivity index (χ0v) is 10.7. The maximum atomic E-state index is 11.0. The SMILES string of the molecule is CS(=O)(=O)CCn1c(N)nnc1SCC(=O)O. The smallest absolute Gasteiger partial charge is 0.313 e. The molecule has 96 valence electrons. The van der Waals surface area contributed by atoms with E-state index in [4.69, 9.17) is 10.8 Å². The minimum Gasteiger partial charge on any atom is -0.481 e. The predicted molar refractivity (Wildman–Crippen MR) is 62.5 cm³/mol. The average Bonchev–Trinajstić information content (AvgIpc) is 2.52. The molecule has 0 radical (unpaired) electrons. The lowest BCUT2D eigenvalue weighted by Crippen LogP contribution is -2.14. The summed E-state index contributed by atoms with van der Waals surface area (Å²) in [5.41, 5.74) is 5.51. The van der Waals surface area contributed by atoms with Crippen LogP contribution in [0.15, 0.2) is 5.16 Å². The van der Waals surface area contributed by atoms with E-state index < -0.39 is 15.8 Å². The van der Waals surface area contributed by atoms with Crippen molar-refractivity contribution >= 4 is 33.5 Å². The minimum atomic E-state index is -3.12. The van der Waals surface area contributed by atoms with Gasteiger partial charge in [0.1, 0.15) is 9.84 Å². The lowest BCUT2D eigenvalue weighted by atomic mass is 10.7. The van der Waals surface area contributed by atoms with E-state index in [1.165, 1.54) is 4.57 Å². The topological polar surface area (TPSA) is 128 Å². The molecule has 0 saturated heterocycles. The lowest BCUT2D eigenvalue weighted by molar-refractivity contribution is -0.133. The molecule has 17 heavy (non-hydrogen) atoms. The highest BCUT2D eigenvalue weighted by Crippen LogP contribution is 2.17. The summed E-state index contributed by atoms with van der Waals surface area (Å²) in [5, 5.41) is 16.1. The van der Waals surface area contributed by atoms with Gasteiger partial charge >= 0.3 is 5.97 Å². The molecule has 0 aromatic carbocycles. The first-order chi connectivity index (χ1) is 7.79. The van der Waals surface area contributed by atoms with E-state index in [0.717, 1.165) is 18.0 Å². The number of carbonyl (C=O) groups is 1. The first-order valence-corrected chi connectivity index (χ1v) is 7.55. The molecular formula is C7H12N4O4S2. The van der Waals surface area contributed by atoms with E-state index in [1.807, 2.05) is 0 Å². The molecule has 0 saturated carbocycles. The highest BCUT2D eigenvalue weighted by molar-refractivity contribution is 7.99.